The van der Waals surface area contributed by atoms with Gasteiger partial charge in [-0.25, -0.2) is 4.79 Å². The zero-order valence-electron chi connectivity index (χ0n) is 16.8. The Bertz CT molecular complexity index is 1290. The maximum atomic E-state index is 12.8. The molecule has 0 saturated carbocycles. The number of benzene rings is 3. The first-order chi connectivity index (χ1) is 15.8. The van der Waals surface area contributed by atoms with E-state index in [0.717, 1.165) is 16.7 Å². The summed E-state index contributed by atoms with van der Waals surface area (Å²) in [7, 11) is 0. The summed E-state index contributed by atoms with van der Waals surface area (Å²) in [6.45, 7) is 0.0810. The number of esters is 1. The van der Waals surface area contributed by atoms with Gasteiger partial charge in [-0.15, -0.1) is 0 Å². The maximum Gasteiger partial charge on any atom is 0.343 e. The zero-order valence-corrected chi connectivity index (χ0v) is 19.8. The van der Waals surface area contributed by atoms with Gasteiger partial charge in [0.1, 0.15) is 5.75 Å². The van der Waals surface area contributed by atoms with Gasteiger partial charge in [0.25, 0.3) is 11.1 Å². The number of halogens is 3. The second kappa shape index (κ2) is 10.0. The number of ether oxygens (including phenoxy) is 1. The fourth-order valence-electron chi connectivity index (χ4n) is 3.03. The minimum atomic E-state index is -0.536. The van der Waals surface area contributed by atoms with E-state index in [-0.39, 0.29) is 16.7 Å². The highest BCUT2D eigenvalue weighted by Crippen LogP contribution is 2.34. The Morgan fingerprint density at radius 3 is 2.42 bits per heavy atom. The quantitative estimate of drug-likeness (QED) is 0.205. The molecule has 0 radical (unpaired) electrons. The van der Waals surface area contributed by atoms with Gasteiger partial charge in [0, 0.05) is 5.02 Å². The van der Waals surface area contributed by atoms with E-state index in [0.29, 0.717) is 37.5 Å². The van der Waals surface area contributed by atoms with Crippen LogP contribution in [-0.2, 0) is 11.3 Å². The summed E-state index contributed by atoms with van der Waals surface area (Å²) in [6.07, 6.45) is 1.58. The van der Waals surface area contributed by atoms with Crippen LogP contribution in [0.3, 0.4) is 0 Å². The lowest BCUT2D eigenvalue weighted by atomic mass is 10.2. The topological polar surface area (TPSA) is 63.7 Å². The van der Waals surface area contributed by atoms with Gasteiger partial charge < -0.3 is 4.74 Å². The second-order valence-corrected chi connectivity index (χ2v) is 9.23. The fraction of sp³-hybridized carbons (Fsp3) is 0.0417. The highest BCUT2D eigenvalue weighted by atomic mass is 35.5. The highest BCUT2D eigenvalue weighted by molar-refractivity contribution is 8.18. The first-order valence-corrected chi connectivity index (χ1v) is 11.5. The molecule has 166 valence electrons. The summed E-state index contributed by atoms with van der Waals surface area (Å²) in [4.78, 5) is 39.0. The van der Waals surface area contributed by atoms with Crippen molar-refractivity contribution in [1.29, 1.82) is 0 Å². The van der Waals surface area contributed by atoms with Gasteiger partial charge in [0.2, 0.25) is 0 Å². The van der Waals surface area contributed by atoms with E-state index >= 15 is 0 Å². The second-order valence-electron chi connectivity index (χ2n) is 6.99. The lowest BCUT2D eigenvalue weighted by molar-refractivity contribution is -0.123. The predicted molar refractivity (Wildman–Crippen MR) is 131 cm³/mol. The van der Waals surface area contributed by atoms with E-state index in [9.17, 15) is 14.4 Å². The van der Waals surface area contributed by atoms with Crippen LogP contribution in [0, 0.1) is 0 Å². The SMILES string of the molecule is O=C(Oc1cccc(/C=C2\SC(=O)N(Cc3ccc(Cl)c(Cl)c3)C2=O)c1)c1ccc(Cl)cc1. The lowest BCUT2D eigenvalue weighted by Gasteiger charge is -2.13. The molecule has 0 aromatic heterocycles. The largest absolute Gasteiger partial charge is 0.423 e. The third-order valence-electron chi connectivity index (χ3n) is 4.64. The van der Waals surface area contributed by atoms with Crippen LogP contribution in [-0.4, -0.2) is 22.0 Å². The summed E-state index contributed by atoms with van der Waals surface area (Å²) in [5, 5.41) is 0.872. The molecule has 4 rings (SSSR count). The molecule has 1 aliphatic rings. The molecule has 1 saturated heterocycles. The number of rotatable bonds is 5. The Labute approximate surface area is 208 Å². The Morgan fingerprint density at radius 1 is 0.939 bits per heavy atom. The first-order valence-electron chi connectivity index (χ1n) is 9.57. The van der Waals surface area contributed by atoms with Crippen molar-refractivity contribution in [1.82, 2.24) is 4.90 Å². The molecule has 2 amide bonds. The normalized spacial score (nSPS) is 14.8. The van der Waals surface area contributed by atoms with E-state index in [2.05, 4.69) is 0 Å². The van der Waals surface area contributed by atoms with Crippen LogP contribution < -0.4 is 4.74 Å². The molecule has 0 spiro atoms. The number of nitrogens with zero attached hydrogens (tertiary/aromatic N) is 1. The minimum absolute atomic E-state index is 0.0810. The molecular weight excluding hydrogens is 505 g/mol. The summed E-state index contributed by atoms with van der Waals surface area (Å²) < 4.78 is 5.41. The van der Waals surface area contributed by atoms with Crippen molar-refractivity contribution in [3.05, 3.63) is 103 Å². The van der Waals surface area contributed by atoms with E-state index in [1.807, 2.05) is 0 Å². The van der Waals surface area contributed by atoms with Gasteiger partial charge in [0.15, 0.2) is 0 Å². The molecule has 9 heteroatoms. The molecular formula is C24H14Cl3NO4S. The summed E-state index contributed by atoms with van der Waals surface area (Å²) >= 11 is 18.6. The molecule has 0 bridgehead atoms. The number of hydrogen-bond donors (Lipinski definition) is 0. The first kappa shape index (κ1) is 23.4. The van der Waals surface area contributed by atoms with Crippen molar-refractivity contribution in [3.8, 4) is 5.75 Å². The third kappa shape index (κ3) is 5.60. The van der Waals surface area contributed by atoms with Crippen LogP contribution in [0.1, 0.15) is 21.5 Å². The van der Waals surface area contributed by atoms with Gasteiger partial charge in [-0.2, -0.15) is 0 Å². The average Bonchev–Trinajstić information content (AvgIpc) is 3.04. The van der Waals surface area contributed by atoms with Crippen molar-refractivity contribution in [3.63, 3.8) is 0 Å². The molecule has 3 aromatic rings. The highest BCUT2D eigenvalue weighted by Gasteiger charge is 2.35. The van der Waals surface area contributed by atoms with Crippen LogP contribution in [0.2, 0.25) is 15.1 Å². The van der Waals surface area contributed by atoms with E-state index in [1.54, 1.807) is 72.8 Å². The van der Waals surface area contributed by atoms with Crippen LogP contribution in [0.15, 0.2) is 71.6 Å². The standard InChI is InChI=1S/C24H14Cl3NO4S/c25-17-7-5-16(6-8-17)23(30)32-18-3-1-2-14(10-18)12-21-22(29)28(24(31)33-21)13-15-4-9-19(26)20(27)11-15/h1-12H,13H2/b21-12-. The minimum Gasteiger partial charge on any atom is -0.423 e. The van der Waals surface area contributed by atoms with E-state index in [1.165, 1.54) is 0 Å². The predicted octanol–water partition coefficient (Wildman–Crippen LogP) is 7.10. The van der Waals surface area contributed by atoms with Gasteiger partial charge in [-0.1, -0.05) is 53.0 Å². The van der Waals surface area contributed by atoms with Crippen molar-refractivity contribution in [2.24, 2.45) is 0 Å². The molecule has 1 heterocycles. The molecule has 1 aliphatic heterocycles. The number of thioether (sulfide) groups is 1. The number of carbonyl (C=O) groups excluding carboxylic acids is 3. The Balaban J connectivity index is 1.49. The molecule has 5 nitrogen and oxygen atoms in total. The molecule has 0 N–H and O–H groups in total. The van der Waals surface area contributed by atoms with Crippen molar-refractivity contribution in [2.45, 2.75) is 6.54 Å². The van der Waals surface area contributed by atoms with Crippen LogP contribution in [0.5, 0.6) is 5.75 Å². The number of carbonyl (C=O) groups is 3. The van der Waals surface area contributed by atoms with Crippen LogP contribution in [0.25, 0.3) is 6.08 Å². The zero-order chi connectivity index (χ0) is 23.5. The summed E-state index contributed by atoms with van der Waals surface area (Å²) in [5.41, 5.74) is 1.65. The van der Waals surface area contributed by atoms with Gasteiger partial charge >= 0.3 is 5.97 Å². The molecule has 0 unspecified atom stereocenters. The smallest absolute Gasteiger partial charge is 0.343 e. The van der Waals surface area contributed by atoms with Gasteiger partial charge in [-0.3, -0.25) is 14.5 Å². The van der Waals surface area contributed by atoms with Crippen molar-refractivity contribution < 1.29 is 19.1 Å². The van der Waals surface area contributed by atoms with Gasteiger partial charge in [0.05, 0.1) is 27.1 Å². The Hall–Kier alpha value is -2.77. The van der Waals surface area contributed by atoms with E-state index < -0.39 is 11.9 Å². The summed E-state index contributed by atoms with van der Waals surface area (Å²) in [6, 6.07) is 18.0. The fourth-order valence-corrected chi connectivity index (χ4v) is 4.31. The Kier molecular flexibility index (Phi) is 7.10. The van der Waals surface area contributed by atoms with Crippen molar-refractivity contribution >= 4 is 69.8 Å². The summed E-state index contributed by atoms with van der Waals surface area (Å²) in [5.74, 6) is -0.649. The van der Waals surface area contributed by atoms with Crippen LogP contribution in [0.4, 0.5) is 4.79 Å². The third-order valence-corrected chi connectivity index (χ3v) is 6.54. The van der Waals surface area contributed by atoms with E-state index in [4.69, 9.17) is 39.5 Å². The molecule has 0 aliphatic carbocycles. The maximum absolute atomic E-state index is 12.8. The Morgan fingerprint density at radius 2 is 1.70 bits per heavy atom. The molecule has 1 fully saturated rings. The average molecular weight is 519 g/mol. The number of amides is 2. The number of hydrogen-bond acceptors (Lipinski definition) is 5. The molecule has 3 aromatic carbocycles. The van der Waals surface area contributed by atoms with Crippen LogP contribution >= 0.6 is 46.6 Å². The number of imide groups is 1. The molecule has 0 atom stereocenters. The molecule has 33 heavy (non-hydrogen) atoms. The van der Waals surface area contributed by atoms with Gasteiger partial charge in [-0.05, 0) is 77.5 Å². The lowest BCUT2D eigenvalue weighted by Crippen LogP contribution is -2.27. The monoisotopic (exact) mass is 517 g/mol. The van der Waals surface area contributed by atoms with Crippen molar-refractivity contribution in [2.75, 3.05) is 0 Å².